The van der Waals surface area contributed by atoms with Crippen LogP contribution in [-0.4, -0.2) is 48.8 Å². The molecule has 0 aliphatic carbocycles. The number of esters is 1. The highest BCUT2D eigenvalue weighted by molar-refractivity contribution is 6.03. The van der Waals surface area contributed by atoms with Crippen LogP contribution in [0.5, 0.6) is 17.4 Å². The Morgan fingerprint density at radius 1 is 1.17 bits per heavy atom. The van der Waals surface area contributed by atoms with Crippen molar-refractivity contribution in [1.29, 1.82) is 0 Å². The van der Waals surface area contributed by atoms with Crippen molar-refractivity contribution in [2.45, 2.75) is 20.0 Å². The number of imide groups is 1. The Bertz CT molecular complexity index is 948. The molecule has 0 saturated heterocycles. The number of hydrogen-bond acceptors (Lipinski definition) is 8. The van der Waals surface area contributed by atoms with E-state index < -0.39 is 24.0 Å². The molecule has 0 bridgehead atoms. The Morgan fingerprint density at radius 3 is 2.70 bits per heavy atom. The number of urea groups is 1. The van der Waals surface area contributed by atoms with Crippen LogP contribution in [0.4, 0.5) is 10.5 Å². The molecule has 158 valence electrons. The number of nitrogens with zero attached hydrogens (tertiary/aromatic N) is 1. The molecule has 30 heavy (non-hydrogen) atoms. The van der Waals surface area contributed by atoms with Gasteiger partial charge in [-0.15, -0.1) is 0 Å². The predicted molar refractivity (Wildman–Crippen MR) is 105 cm³/mol. The van der Waals surface area contributed by atoms with Gasteiger partial charge < -0.3 is 24.3 Å². The van der Waals surface area contributed by atoms with Crippen molar-refractivity contribution in [2.24, 2.45) is 0 Å². The molecule has 0 radical (unpaired) electrons. The summed E-state index contributed by atoms with van der Waals surface area (Å²) in [4.78, 5) is 40.6. The highest BCUT2D eigenvalue weighted by Crippen LogP contribution is 2.32. The normalized spacial score (nSPS) is 13.0. The van der Waals surface area contributed by atoms with Gasteiger partial charge in [-0.2, -0.15) is 0 Å². The van der Waals surface area contributed by atoms with Gasteiger partial charge in [-0.1, -0.05) is 0 Å². The molecule has 1 aliphatic heterocycles. The maximum Gasteiger partial charge on any atom is 0.344 e. The third kappa shape index (κ3) is 5.16. The summed E-state index contributed by atoms with van der Waals surface area (Å²) in [7, 11) is 0. The van der Waals surface area contributed by atoms with Crippen LogP contribution in [0, 0.1) is 0 Å². The Hall–Kier alpha value is -3.82. The minimum atomic E-state index is -1.22. The third-order valence-electron chi connectivity index (χ3n) is 3.96. The number of carbonyl (C=O) groups excluding carboxylic acids is 3. The molecule has 0 saturated carbocycles. The van der Waals surface area contributed by atoms with Crippen LogP contribution in [0.3, 0.4) is 0 Å². The molecule has 2 heterocycles. The van der Waals surface area contributed by atoms with Crippen LogP contribution >= 0.6 is 0 Å². The maximum absolute atomic E-state index is 12.3. The zero-order valence-corrected chi connectivity index (χ0v) is 16.5. The first-order valence-corrected chi connectivity index (χ1v) is 9.28. The van der Waals surface area contributed by atoms with Gasteiger partial charge in [-0.25, -0.2) is 14.6 Å². The molecule has 2 N–H and O–H groups in total. The molecule has 0 unspecified atom stereocenters. The highest BCUT2D eigenvalue weighted by Gasteiger charge is 2.23. The fourth-order valence-electron chi connectivity index (χ4n) is 2.57. The van der Waals surface area contributed by atoms with Gasteiger partial charge in [-0.05, 0) is 38.1 Å². The Balaban J connectivity index is 1.55. The summed E-state index contributed by atoms with van der Waals surface area (Å²) >= 11 is 0. The van der Waals surface area contributed by atoms with Gasteiger partial charge in [0.05, 0.1) is 6.61 Å². The van der Waals surface area contributed by atoms with Crippen LogP contribution in [0.15, 0.2) is 36.5 Å². The van der Waals surface area contributed by atoms with E-state index in [2.05, 4.69) is 15.6 Å². The standard InChI is InChI=1S/C20H21N3O7/c1-3-27-18-14(5-4-8-21-18)19(25)30-12(2)17(24)23-20(26)22-13-6-7-15-16(11-13)29-10-9-28-15/h4-8,11-12H,3,9-10H2,1-2H3,(H2,22,23,24,26)/t12-/m0/s1. The van der Waals surface area contributed by atoms with Gasteiger partial charge in [0.1, 0.15) is 18.8 Å². The number of nitrogens with one attached hydrogen (secondary N) is 2. The molecular formula is C20H21N3O7. The molecule has 10 heteroatoms. The number of hydrogen-bond donors (Lipinski definition) is 2. The summed E-state index contributed by atoms with van der Waals surface area (Å²) in [5.41, 5.74) is 0.491. The van der Waals surface area contributed by atoms with E-state index in [1.807, 2.05) is 0 Å². The van der Waals surface area contributed by atoms with E-state index in [-0.39, 0.29) is 11.4 Å². The van der Waals surface area contributed by atoms with Crippen LogP contribution in [0.2, 0.25) is 0 Å². The van der Waals surface area contributed by atoms with Crippen molar-refractivity contribution in [3.63, 3.8) is 0 Å². The average molecular weight is 415 g/mol. The smallest absolute Gasteiger partial charge is 0.344 e. The van der Waals surface area contributed by atoms with Crippen LogP contribution < -0.4 is 24.8 Å². The van der Waals surface area contributed by atoms with E-state index in [1.165, 1.54) is 19.2 Å². The van der Waals surface area contributed by atoms with E-state index in [9.17, 15) is 14.4 Å². The van der Waals surface area contributed by atoms with Crippen molar-refractivity contribution >= 4 is 23.6 Å². The zero-order chi connectivity index (χ0) is 21.5. The van der Waals surface area contributed by atoms with Gasteiger partial charge in [0, 0.05) is 18.0 Å². The lowest BCUT2D eigenvalue weighted by Crippen LogP contribution is -2.41. The van der Waals surface area contributed by atoms with Gasteiger partial charge in [0.25, 0.3) is 5.91 Å². The molecule has 1 aromatic heterocycles. The lowest BCUT2D eigenvalue weighted by atomic mass is 10.2. The quantitative estimate of drug-likeness (QED) is 0.688. The second kappa shape index (κ2) is 9.59. The fraction of sp³-hybridized carbons (Fsp3) is 0.300. The summed E-state index contributed by atoms with van der Waals surface area (Å²) in [6.07, 6.45) is 0.248. The molecule has 1 atom stereocenters. The average Bonchev–Trinajstić information content (AvgIpc) is 2.74. The highest BCUT2D eigenvalue weighted by atomic mass is 16.6. The van der Waals surface area contributed by atoms with Crippen LogP contribution in [0.25, 0.3) is 0 Å². The number of ether oxygens (including phenoxy) is 4. The minimum absolute atomic E-state index is 0.0831. The number of fused-ring (bicyclic) bond motifs is 1. The van der Waals surface area contributed by atoms with E-state index in [1.54, 1.807) is 31.2 Å². The first-order valence-electron chi connectivity index (χ1n) is 9.28. The molecule has 3 amide bonds. The van der Waals surface area contributed by atoms with Gasteiger partial charge in [-0.3, -0.25) is 10.1 Å². The SMILES string of the molecule is CCOc1ncccc1C(=O)O[C@@H](C)C(=O)NC(=O)Nc1ccc2c(c1)OCCO2. The van der Waals surface area contributed by atoms with Crippen molar-refractivity contribution in [3.05, 3.63) is 42.1 Å². The number of benzene rings is 1. The van der Waals surface area contributed by atoms with E-state index in [0.717, 1.165) is 0 Å². The zero-order valence-electron chi connectivity index (χ0n) is 16.5. The number of anilines is 1. The molecule has 10 nitrogen and oxygen atoms in total. The molecule has 1 aliphatic rings. The van der Waals surface area contributed by atoms with Crippen molar-refractivity contribution < 1.29 is 33.3 Å². The second-order valence-corrected chi connectivity index (χ2v) is 6.14. The van der Waals surface area contributed by atoms with Crippen molar-refractivity contribution in [2.75, 3.05) is 25.1 Å². The van der Waals surface area contributed by atoms with Gasteiger partial charge >= 0.3 is 12.0 Å². The Morgan fingerprint density at radius 2 is 1.93 bits per heavy atom. The molecule has 1 aromatic carbocycles. The number of aromatic nitrogens is 1. The first kappa shape index (κ1) is 20.9. The predicted octanol–water partition coefficient (Wildman–Crippen LogP) is 2.15. The monoisotopic (exact) mass is 415 g/mol. The molecule has 3 rings (SSSR count). The summed E-state index contributed by atoms with van der Waals surface area (Å²) < 4.78 is 21.2. The Labute approximate surface area is 172 Å². The number of amides is 3. The minimum Gasteiger partial charge on any atom is -0.486 e. The first-order chi connectivity index (χ1) is 14.5. The van der Waals surface area contributed by atoms with Crippen LogP contribution in [-0.2, 0) is 9.53 Å². The molecule has 0 spiro atoms. The third-order valence-corrected chi connectivity index (χ3v) is 3.96. The second-order valence-electron chi connectivity index (χ2n) is 6.14. The van der Waals surface area contributed by atoms with Gasteiger partial charge in [0.2, 0.25) is 5.88 Å². The Kier molecular flexibility index (Phi) is 6.68. The molecule has 2 aromatic rings. The summed E-state index contributed by atoms with van der Waals surface area (Å²) in [5, 5.41) is 4.63. The summed E-state index contributed by atoms with van der Waals surface area (Å²) in [6, 6.07) is 7.08. The topological polar surface area (TPSA) is 125 Å². The van der Waals surface area contributed by atoms with Gasteiger partial charge in [0.15, 0.2) is 17.6 Å². The lowest BCUT2D eigenvalue weighted by Gasteiger charge is -2.19. The number of rotatable bonds is 6. The molecule has 0 fully saturated rings. The van der Waals surface area contributed by atoms with E-state index >= 15 is 0 Å². The van der Waals surface area contributed by atoms with Crippen LogP contribution in [0.1, 0.15) is 24.2 Å². The number of carbonyl (C=O) groups is 3. The largest absolute Gasteiger partial charge is 0.486 e. The summed E-state index contributed by atoms with van der Waals surface area (Å²) in [5.74, 6) is -0.407. The number of pyridine rings is 1. The lowest BCUT2D eigenvalue weighted by molar-refractivity contribution is -0.127. The van der Waals surface area contributed by atoms with E-state index in [4.69, 9.17) is 18.9 Å². The summed E-state index contributed by atoms with van der Waals surface area (Å²) in [6.45, 7) is 4.28. The van der Waals surface area contributed by atoms with Crippen molar-refractivity contribution in [1.82, 2.24) is 10.3 Å². The fourth-order valence-corrected chi connectivity index (χ4v) is 2.57. The van der Waals surface area contributed by atoms with Crippen molar-refractivity contribution in [3.8, 4) is 17.4 Å². The van der Waals surface area contributed by atoms with E-state index in [0.29, 0.717) is 37.0 Å². The maximum atomic E-state index is 12.3. The molecular weight excluding hydrogens is 394 g/mol.